The zero-order valence-corrected chi connectivity index (χ0v) is 18.7. The number of benzene rings is 2. The fourth-order valence-electron chi connectivity index (χ4n) is 2.79. The van der Waals surface area contributed by atoms with Crippen LogP contribution < -0.4 is 29.7 Å². The molecular formula is C21H23N3O7S. The molecule has 0 aliphatic heterocycles. The number of thiocarbonyl (C=S) groups is 1. The Balaban J connectivity index is 2.17. The van der Waals surface area contributed by atoms with Gasteiger partial charge in [-0.25, -0.2) is 4.79 Å². The Morgan fingerprint density at radius 2 is 1.66 bits per heavy atom. The number of nitrogens with zero attached hydrogens (tertiary/aromatic N) is 1. The number of nitrogens with one attached hydrogen (secondary N) is 2. The number of hydrogen-bond acceptors (Lipinski definition) is 7. The van der Waals surface area contributed by atoms with E-state index in [-0.39, 0.29) is 28.7 Å². The molecule has 2 aromatic carbocycles. The van der Waals surface area contributed by atoms with Crippen LogP contribution in [0.3, 0.4) is 0 Å². The number of amides is 2. The summed E-state index contributed by atoms with van der Waals surface area (Å²) in [5.41, 5.74) is 0.917. The number of ether oxygens (including phenoxy) is 3. The maximum absolute atomic E-state index is 12.7. The van der Waals surface area contributed by atoms with Gasteiger partial charge in [0.15, 0.2) is 16.6 Å². The van der Waals surface area contributed by atoms with Gasteiger partial charge >= 0.3 is 6.09 Å². The first-order valence-electron chi connectivity index (χ1n) is 9.22. The quantitative estimate of drug-likeness (QED) is 0.509. The van der Waals surface area contributed by atoms with Gasteiger partial charge in [-0.1, -0.05) is 6.07 Å². The Bertz CT molecular complexity index is 1020. The highest BCUT2D eigenvalue weighted by molar-refractivity contribution is 7.80. The maximum Gasteiger partial charge on any atom is 0.412 e. The second-order valence-electron chi connectivity index (χ2n) is 6.44. The minimum absolute atomic E-state index is 0.0191. The zero-order valence-electron chi connectivity index (χ0n) is 17.9. The van der Waals surface area contributed by atoms with Gasteiger partial charge < -0.3 is 24.6 Å². The first-order chi connectivity index (χ1) is 15.2. The van der Waals surface area contributed by atoms with Crippen LogP contribution >= 0.6 is 12.2 Å². The van der Waals surface area contributed by atoms with E-state index in [1.165, 1.54) is 46.5 Å². The van der Waals surface area contributed by atoms with Crippen LogP contribution in [-0.4, -0.2) is 55.9 Å². The lowest BCUT2D eigenvalue weighted by Crippen LogP contribution is -2.35. The summed E-state index contributed by atoms with van der Waals surface area (Å²) in [5, 5.41) is 14.7. The summed E-state index contributed by atoms with van der Waals surface area (Å²) in [5.74, 6) is 0.129. The van der Waals surface area contributed by atoms with Gasteiger partial charge in [0.2, 0.25) is 5.75 Å². The average molecular weight is 461 g/mol. The molecule has 170 valence electrons. The van der Waals surface area contributed by atoms with Gasteiger partial charge in [0.05, 0.1) is 27.9 Å². The summed E-state index contributed by atoms with van der Waals surface area (Å²) in [4.78, 5) is 36.4. The van der Waals surface area contributed by atoms with E-state index in [2.05, 4.69) is 10.6 Å². The van der Waals surface area contributed by atoms with Crippen LogP contribution in [0.25, 0.3) is 0 Å². The van der Waals surface area contributed by atoms with Gasteiger partial charge in [-0.15, -0.1) is 0 Å². The number of carboxylic acid groups (broad SMARTS) is 1. The predicted octanol–water partition coefficient (Wildman–Crippen LogP) is 2.91. The minimum Gasteiger partial charge on any atom is -0.493 e. The van der Waals surface area contributed by atoms with Crippen molar-refractivity contribution in [1.29, 1.82) is 0 Å². The fourth-order valence-corrected chi connectivity index (χ4v) is 3.00. The molecule has 0 atom stereocenters. The highest BCUT2D eigenvalue weighted by Gasteiger charge is 2.19. The van der Waals surface area contributed by atoms with E-state index in [0.29, 0.717) is 22.9 Å². The summed E-state index contributed by atoms with van der Waals surface area (Å²) in [7, 11) is 4.32. The first kappa shape index (κ1) is 24.4. The van der Waals surface area contributed by atoms with E-state index < -0.39 is 12.0 Å². The summed E-state index contributed by atoms with van der Waals surface area (Å²) < 4.78 is 15.7. The first-order valence-corrected chi connectivity index (χ1v) is 9.63. The number of Topliss-reactive ketones (excluding diaryl/α,β-unsaturated/α-hetero) is 1. The van der Waals surface area contributed by atoms with Gasteiger partial charge in [0.25, 0.3) is 5.91 Å². The molecule has 10 nitrogen and oxygen atoms in total. The van der Waals surface area contributed by atoms with Crippen LogP contribution in [0, 0.1) is 0 Å². The van der Waals surface area contributed by atoms with E-state index in [4.69, 9.17) is 26.4 Å². The predicted molar refractivity (Wildman–Crippen MR) is 122 cm³/mol. The molecule has 0 unspecified atom stereocenters. The van der Waals surface area contributed by atoms with Gasteiger partial charge in [-0.2, -0.15) is 0 Å². The van der Waals surface area contributed by atoms with Crippen molar-refractivity contribution in [2.45, 2.75) is 6.92 Å². The number of methoxy groups -OCH3 is 3. The third-order valence-corrected chi connectivity index (χ3v) is 4.39. The number of hydrogen-bond donors (Lipinski definition) is 3. The molecule has 0 bridgehead atoms. The van der Waals surface area contributed by atoms with Crippen molar-refractivity contribution in [3.8, 4) is 17.2 Å². The lowest BCUT2D eigenvalue weighted by atomic mass is 10.1. The van der Waals surface area contributed by atoms with Crippen molar-refractivity contribution in [3.05, 3.63) is 42.0 Å². The molecule has 0 radical (unpaired) electrons. The van der Waals surface area contributed by atoms with Gasteiger partial charge in [-0.3, -0.25) is 19.8 Å². The molecule has 2 aromatic rings. The molecule has 3 N–H and O–H groups in total. The molecule has 0 fully saturated rings. The van der Waals surface area contributed by atoms with Crippen LogP contribution in [0.1, 0.15) is 17.3 Å². The van der Waals surface area contributed by atoms with Crippen LogP contribution in [0.5, 0.6) is 17.2 Å². The molecule has 0 aliphatic rings. The monoisotopic (exact) mass is 461 g/mol. The molecule has 11 heteroatoms. The Labute approximate surface area is 190 Å². The summed E-state index contributed by atoms with van der Waals surface area (Å²) in [6.45, 7) is 1.01. The minimum atomic E-state index is -1.27. The zero-order chi connectivity index (χ0) is 23.8. The Morgan fingerprint density at radius 1 is 1.03 bits per heavy atom. The molecule has 0 aliphatic carbocycles. The molecule has 0 saturated carbocycles. The maximum atomic E-state index is 12.7. The summed E-state index contributed by atoms with van der Waals surface area (Å²) in [6, 6.07) is 9.22. The third kappa shape index (κ3) is 6.08. The number of ketones is 1. The molecule has 0 spiro atoms. The largest absolute Gasteiger partial charge is 0.493 e. The van der Waals surface area contributed by atoms with Crippen molar-refractivity contribution in [3.63, 3.8) is 0 Å². The van der Waals surface area contributed by atoms with Crippen molar-refractivity contribution < 1.29 is 33.7 Å². The second-order valence-corrected chi connectivity index (χ2v) is 6.85. The van der Waals surface area contributed by atoms with E-state index in [1.807, 2.05) is 0 Å². The molecule has 2 amide bonds. The Morgan fingerprint density at radius 3 is 2.16 bits per heavy atom. The van der Waals surface area contributed by atoms with E-state index >= 15 is 0 Å². The van der Waals surface area contributed by atoms with Crippen LogP contribution in [0.15, 0.2) is 36.4 Å². The number of anilines is 2. The third-order valence-electron chi connectivity index (χ3n) is 4.18. The molecule has 0 saturated heterocycles. The van der Waals surface area contributed by atoms with E-state index in [9.17, 15) is 19.5 Å². The highest BCUT2D eigenvalue weighted by atomic mass is 32.1. The number of carbonyl (C=O) groups is 3. The van der Waals surface area contributed by atoms with Crippen LogP contribution in [0.2, 0.25) is 0 Å². The van der Waals surface area contributed by atoms with Gasteiger partial charge in [-0.05, 0) is 49.5 Å². The number of carbonyl (C=O) groups excluding carboxylic acids is 2. The number of rotatable bonds is 8. The summed E-state index contributed by atoms with van der Waals surface area (Å²) >= 11 is 5.20. The van der Waals surface area contributed by atoms with Crippen LogP contribution in [0.4, 0.5) is 16.2 Å². The van der Waals surface area contributed by atoms with Crippen molar-refractivity contribution in [1.82, 2.24) is 5.32 Å². The Kier molecular flexibility index (Phi) is 8.36. The summed E-state index contributed by atoms with van der Waals surface area (Å²) in [6.07, 6.45) is -1.27. The molecular weight excluding hydrogens is 438 g/mol. The average Bonchev–Trinajstić information content (AvgIpc) is 2.75. The van der Waals surface area contributed by atoms with E-state index in [1.54, 1.807) is 18.2 Å². The Hall–Kier alpha value is -3.86. The topological polar surface area (TPSA) is 126 Å². The fraction of sp³-hybridized carbons (Fsp3) is 0.238. The van der Waals surface area contributed by atoms with Crippen molar-refractivity contribution >= 4 is 46.5 Å². The smallest absolute Gasteiger partial charge is 0.412 e. The normalized spacial score (nSPS) is 10.0. The van der Waals surface area contributed by atoms with Crippen molar-refractivity contribution in [2.75, 3.05) is 38.1 Å². The standard InChI is InChI=1S/C21H23N3O7S/c1-12(25)11-24(21(27)28)15-7-5-6-14(10-15)22-20(32)23-19(26)13-8-16(29-2)18(31-4)17(9-13)30-3/h5-10H,11H2,1-4H3,(H,27,28)(H2,22,23,26,32). The molecule has 0 heterocycles. The van der Waals surface area contributed by atoms with Gasteiger partial charge in [0, 0.05) is 16.9 Å². The van der Waals surface area contributed by atoms with Crippen molar-refractivity contribution in [2.24, 2.45) is 0 Å². The van der Waals surface area contributed by atoms with Gasteiger partial charge in [0.1, 0.15) is 5.78 Å². The second kappa shape index (κ2) is 11.0. The highest BCUT2D eigenvalue weighted by Crippen LogP contribution is 2.38. The molecule has 2 rings (SSSR count). The lowest BCUT2D eigenvalue weighted by molar-refractivity contribution is -0.115. The molecule has 0 aromatic heterocycles. The SMILES string of the molecule is COc1cc(C(=O)NC(=S)Nc2cccc(N(CC(C)=O)C(=O)O)c2)cc(OC)c1OC. The molecule has 32 heavy (non-hydrogen) atoms. The van der Waals surface area contributed by atoms with Crippen LogP contribution in [-0.2, 0) is 4.79 Å². The lowest BCUT2D eigenvalue weighted by Gasteiger charge is -2.19. The van der Waals surface area contributed by atoms with E-state index in [0.717, 1.165) is 4.90 Å².